The van der Waals surface area contributed by atoms with Gasteiger partial charge >= 0.3 is 0 Å². The molecule has 1 saturated heterocycles. The molecule has 2 aliphatic heterocycles. The molecule has 8 nitrogen and oxygen atoms in total. The molecule has 10 heteroatoms. The van der Waals surface area contributed by atoms with Crippen LogP contribution in [0.4, 0.5) is 20.3 Å². The monoisotopic (exact) mass is 441 g/mol. The molecule has 4 atom stereocenters. The molecular weight excluding hydrogens is 420 g/mol. The number of aliphatic hydroxyl groups is 2. The zero-order valence-electron chi connectivity index (χ0n) is 17.1. The minimum absolute atomic E-state index is 0.309. The van der Waals surface area contributed by atoms with Crippen LogP contribution in [0.5, 0.6) is 0 Å². The Labute approximate surface area is 182 Å². The molecule has 0 saturated carbocycles. The van der Waals surface area contributed by atoms with Crippen molar-refractivity contribution in [1.82, 2.24) is 14.8 Å². The van der Waals surface area contributed by atoms with Crippen LogP contribution in [0.1, 0.15) is 18.7 Å². The van der Waals surface area contributed by atoms with Crippen molar-refractivity contribution in [2.24, 2.45) is 4.99 Å². The van der Waals surface area contributed by atoms with E-state index >= 15 is 0 Å². The van der Waals surface area contributed by atoms with E-state index in [0.29, 0.717) is 23.7 Å². The van der Waals surface area contributed by atoms with Crippen molar-refractivity contribution in [2.45, 2.75) is 38.0 Å². The topological polar surface area (TPSA) is 95.1 Å². The molecular formula is C22H21F2N5O3. The van der Waals surface area contributed by atoms with Crippen LogP contribution in [0.3, 0.4) is 0 Å². The summed E-state index contributed by atoms with van der Waals surface area (Å²) in [6.45, 7) is 1.99. The van der Waals surface area contributed by atoms with Crippen molar-refractivity contribution in [3.63, 3.8) is 0 Å². The number of benzene rings is 2. The number of hydrogen-bond donors (Lipinski definition) is 3. The molecule has 0 spiro atoms. The molecule has 166 valence electrons. The summed E-state index contributed by atoms with van der Waals surface area (Å²) in [6, 6.07) is 13.0. The first-order valence-corrected chi connectivity index (χ1v) is 10.1. The normalized spacial score (nSPS) is 24.6. The van der Waals surface area contributed by atoms with E-state index in [1.165, 1.54) is 17.1 Å². The fourth-order valence-electron chi connectivity index (χ4n) is 3.91. The number of nitrogens with one attached hydrogen (secondary N) is 1. The average molecular weight is 441 g/mol. The van der Waals surface area contributed by atoms with Gasteiger partial charge in [0.05, 0.1) is 24.0 Å². The van der Waals surface area contributed by atoms with E-state index in [-0.39, 0.29) is 0 Å². The summed E-state index contributed by atoms with van der Waals surface area (Å²) in [5.41, 5.74) is 5.58. The van der Waals surface area contributed by atoms with Gasteiger partial charge in [0.1, 0.15) is 18.5 Å². The molecule has 3 heterocycles. The molecule has 1 aromatic heterocycles. The summed E-state index contributed by atoms with van der Waals surface area (Å²) >= 11 is 0. The molecule has 0 bridgehead atoms. The van der Waals surface area contributed by atoms with E-state index in [4.69, 9.17) is 4.74 Å². The number of halogens is 2. The Bertz CT molecular complexity index is 1170. The lowest BCUT2D eigenvalue weighted by atomic mass is 10.1. The molecule has 3 N–H and O–H groups in total. The van der Waals surface area contributed by atoms with Gasteiger partial charge in [-0.2, -0.15) is 5.10 Å². The number of nitrogens with zero attached hydrogens (tertiary/aromatic N) is 4. The molecule has 1 fully saturated rings. The Hall–Kier alpha value is -3.34. The zero-order chi connectivity index (χ0) is 22.4. The lowest BCUT2D eigenvalue weighted by Gasteiger charge is -2.25. The zero-order valence-corrected chi connectivity index (χ0v) is 17.1. The van der Waals surface area contributed by atoms with Gasteiger partial charge < -0.3 is 14.9 Å². The highest BCUT2D eigenvalue weighted by Crippen LogP contribution is 2.39. The number of hydrogen-bond acceptors (Lipinski definition) is 7. The summed E-state index contributed by atoms with van der Waals surface area (Å²) < 4.78 is 34.1. The van der Waals surface area contributed by atoms with Crippen molar-refractivity contribution in [3.8, 4) is 11.3 Å². The summed E-state index contributed by atoms with van der Waals surface area (Å²) in [5.74, 6) is -1.40. The van der Waals surface area contributed by atoms with Gasteiger partial charge in [-0.25, -0.2) is 18.5 Å². The number of fused-ring (bicyclic) bond motifs is 1. The highest BCUT2D eigenvalue weighted by atomic mass is 19.2. The maximum absolute atomic E-state index is 13.6. The predicted octanol–water partition coefficient (Wildman–Crippen LogP) is 2.97. The van der Waals surface area contributed by atoms with E-state index in [9.17, 15) is 19.0 Å². The predicted molar refractivity (Wildman–Crippen MR) is 113 cm³/mol. The van der Waals surface area contributed by atoms with Gasteiger partial charge in [-0.15, -0.1) is 0 Å². The smallest absolute Gasteiger partial charge is 0.181 e. The van der Waals surface area contributed by atoms with Crippen LogP contribution >= 0.6 is 0 Å². The van der Waals surface area contributed by atoms with Crippen molar-refractivity contribution >= 4 is 17.8 Å². The number of aliphatic hydroxyl groups excluding tert-OH is 2. The van der Waals surface area contributed by atoms with Crippen LogP contribution in [0.2, 0.25) is 0 Å². The van der Waals surface area contributed by atoms with Crippen LogP contribution in [0.15, 0.2) is 53.5 Å². The van der Waals surface area contributed by atoms with Crippen LogP contribution in [0, 0.1) is 11.6 Å². The lowest BCUT2D eigenvalue weighted by molar-refractivity contribution is -0.0384. The minimum Gasteiger partial charge on any atom is -0.388 e. The third-order valence-electron chi connectivity index (χ3n) is 5.59. The van der Waals surface area contributed by atoms with Crippen molar-refractivity contribution in [2.75, 3.05) is 5.43 Å². The van der Waals surface area contributed by atoms with E-state index in [2.05, 4.69) is 15.5 Å². The Morgan fingerprint density at radius 2 is 1.84 bits per heavy atom. The molecule has 0 radical (unpaired) electrons. The van der Waals surface area contributed by atoms with E-state index in [1.807, 2.05) is 30.3 Å². The maximum atomic E-state index is 13.6. The second-order valence-corrected chi connectivity index (χ2v) is 7.79. The van der Waals surface area contributed by atoms with Gasteiger partial charge in [-0.05, 0) is 19.1 Å². The van der Waals surface area contributed by atoms with Crippen molar-refractivity contribution < 1.29 is 23.7 Å². The molecule has 2 aliphatic rings. The number of hydrazine groups is 1. The largest absolute Gasteiger partial charge is 0.388 e. The van der Waals surface area contributed by atoms with E-state index in [0.717, 1.165) is 23.3 Å². The molecule has 0 aliphatic carbocycles. The van der Waals surface area contributed by atoms with Crippen molar-refractivity contribution in [3.05, 3.63) is 65.7 Å². The van der Waals surface area contributed by atoms with Crippen LogP contribution in [-0.4, -0.2) is 49.7 Å². The molecule has 0 unspecified atom stereocenters. The van der Waals surface area contributed by atoms with Gasteiger partial charge in [-0.3, -0.25) is 10.4 Å². The van der Waals surface area contributed by atoms with E-state index < -0.39 is 36.2 Å². The second-order valence-electron chi connectivity index (χ2n) is 7.79. The van der Waals surface area contributed by atoms with Gasteiger partial charge in [0.15, 0.2) is 23.7 Å². The highest BCUT2D eigenvalue weighted by molar-refractivity contribution is 5.74. The first-order chi connectivity index (χ1) is 15.4. The Balaban J connectivity index is 1.51. The summed E-state index contributed by atoms with van der Waals surface area (Å²) in [4.78, 5) is 4.48. The van der Waals surface area contributed by atoms with Crippen LogP contribution in [0.25, 0.3) is 11.3 Å². The lowest BCUT2D eigenvalue weighted by Crippen LogP contribution is -2.32. The first-order valence-electron chi connectivity index (χ1n) is 10.1. The van der Waals surface area contributed by atoms with Crippen molar-refractivity contribution in [1.29, 1.82) is 0 Å². The third kappa shape index (κ3) is 3.52. The van der Waals surface area contributed by atoms with Gasteiger partial charge in [0, 0.05) is 17.2 Å². The highest BCUT2D eigenvalue weighted by Gasteiger charge is 2.43. The summed E-state index contributed by atoms with van der Waals surface area (Å²) in [5, 5.41) is 26.9. The van der Waals surface area contributed by atoms with Gasteiger partial charge in [-0.1, -0.05) is 30.3 Å². The van der Waals surface area contributed by atoms with Gasteiger partial charge in [0.2, 0.25) is 0 Å². The minimum atomic E-state index is -1.16. The number of rotatable bonds is 4. The fourth-order valence-corrected chi connectivity index (χ4v) is 3.91. The number of aromatic nitrogens is 2. The van der Waals surface area contributed by atoms with Gasteiger partial charge in [0.25, 0.3) is 0 Å². The Morgan fingerprint density at radius 3 is 2.53 bits per heavy atom. The molecule has 32 heavy (non-hydrogen) atoms. The fraction of sp³-hybridized carbons (Fsp3) is 0.273. The molecule has 5 rings (SSSR count). The number of anilines is 1. The molecule has 0 amide bonds. The average Bonchev–Trinajstić information content (AvgIpc) is 3.29. The molecule has 2 aromatic carbocycles. The standard InChI is InChI=1S/C22H21F2N5O3/c1-12-19(30)20(31)22(32-12)29-21-15(18(27-29)13-5-3-2-4-6-13)10-28(11-25-21)26-14-7-8-16(23)17(24)9-14/h2-9,11-12,19-20,22,26,30-31H,10H2,1H3/t12-,19-,20-,22-/m1/s1. The van der Waals surface area contributed by atoms with Crippen LogP contribution in [-0.2, 0) is 11.3 Å². The quantitative estimate of drug-likeness (QED) is 0.576. The first kappa shape index (κ1) is 20.6. The summed E-state index contributed by atoms with van der Waals surface area (Å²) in [6.07, 6.45) is -2.16. The SMILES string of the molecule is C[C@H]1O[C@@H](n2nc(-c3ccccc3)c3c2N=CN(Nc2ccc(F)c(F)c2)C3)[C@H](O)[C@@H]1O. The third-order valence-corrected chi connectivity index (χ3v) is 5.59. The van der Waals surface area contributed by atoms with Crippen LogP contribution < -0.4 is 5.43 Å². The number of ether oxygens (including phenoxy) is 1. The second kappa shape index (κ2) is 7.97. The Kier molecular flexibility index (Phi) is 5.12. The maximum Gasteiger partial charge on any atom is 0.181 e. The summed E-state index contributed by atoms with van der Waals surface area (Å²) in [7, 11) is 0. The number of aliphatic imine (C=N–C) groups is 1. The molecule has 3 aromatic rings. The Morgan fingerprint density at radius 1 is 1.06 bits per heavy atom. The van der Waals surface area contributed by atoms with E-state index in [1.54, 1.807) is 11.9 Å².